The molecule has 0 spiro atoms. The van der Waals surface area contributed by atoms with Crippen molar-refractivity contribution in [2.75, 3.05) is 0 Å². The summed E-state index contributed by atoms with van der Waals surface area (Å²) >= 11 is 0. The maximum atomic E-state index is 6.40. The van der Waals surface area contributed by atoms with E-state index < -0.39 is 0 Å². The zero-order valence-corrected chi connectivity index (χ0v) is 29.6. The van der Waals surface area contributed by atoms with Gasteiger partial charge in [0, 0.05) is 32.8 Å². The smallest absolute Gasteiger partial charge is 0.166 e. The SMILES string of the molecule is CCCCC(CC)Cc1ccc(-c2nc(-c3ccccc3)nc(-c3ccccc3-n3c4ccccc4c4ccc5oc6ccccc6c5c43)n2)cc1. The van der Waals surface area contributed by atoms with Gasteiger partial charge in [-0.2, -0.15) is 0 Å². The summed E-state index contributed by atoms with van der Waals surface area (Å²) in [5.41, 5.74) is 9.17. The van der Waals surface area contributed by atoms with E-state index in [1.165, 1.54) is 42.0 Å². The van der Waals surface area contributed by atoms with Gasteiger partial charge in [-0.05, 0) is 54.3 Å². The maximum absolute atomic E-state index is 6.40. The van der Waals surface area contributed by atoms with Crippen LogP contribution in [-0.2, 0) is 6.42 Å². The first kappa shape index (κ1) is 31.9. The van der Waals surface area contributed by atoms with Crippen LogP contribution in [0.1, 0.15) is 45.1 Å². The number of unbranched alkanes of at least 4 members (excludes halogenated alkanes) is 1. The van der Waals surface area contributed by atoms with Gasteiger partial charge in [0.25, 0.3) is 0 Å². The summed E-state index contributed by atoms with van der Waals surface area (Å²) in [6.45, 7) is 4.58. The molecule has 6 aromatic carbocycles. The van der Waals surface area contributed by atoms with Crippen LogP contribution in [0.4, 0.5) is 0 Å². The van der Waals surface area contributed by atoms with Gasteiger partial charge in [-0.15, -0.1) is 0 Å². The van der Waals surface area contributed by atoms with Crippen LogP contribution in [0, 0.1) is 5.92 Å². The predicted octanol–water partition coefficient (Wildman–Crippen LogP) is 12.6. The minimum Gasteiger partial charge on any atom is -0.456 e. The van der Waals surface area contributed by atoms with Gasteiger partial charge in [0.2, 0.25) is 0 Å². The van der Waals surface area contributed by atoms with E-state index in [1.54, 1.807) is 0 Å². The summed E-state index contributed by atoms with van der Waals surface area (Å²) in [5, 5.41) is 4.55. The van der Waals surface area contributed by atoms with Gasteiger partial charge in [-0.1, -0.05) is 143 Å². The fourth-order valence-electron chi connectivity index (χ4n) is 7.78. The van der Waals surface area contributed by atoms with E-state index >= 15 is 0 Å². The van der Waals surface area contributed by atoms with Crippen molar-refractivity contribution in [3.05, 3.63) is 145 Å². The molecule has 0 N–H and O–H groups in total. The van der Waals surface area contributed by atoms with E-state index in [0.717, 1.165) is 61.8 Å². The van der Waals surface area contributed by atoms with Gasteiger partial charge in [-0.3, -0.25) is 0 Å². The van der Waals surface area contributed by atoms with Crippen molar-refractivity contribution in [1.82, 2.24) is 19.5 Å². The molecule has 5 heteroatoms. The molecule has 52 heavy (non-hydrogen) atoms. The molecule has 0 aliphatic heterocycles. The van der Waals surface area contributed by atoms with Crippen LogP contribution >= 0.6 is 0 Å². The van der Waals surface area contributed by atoms with E-state index in [2.05, 4.69) is 128 Å². The van der Waals surface area contributed by atoms with E-state index in [9.17, 15) is 0 Å². The first-order valence-corrected chi connectivity index (χ1v) is 18.5. The quantitative estimate of drug-likeness (QED) is 0.145. The fraction of sp³-hybridized carbons (Fsp3) is 0.170. The molecule has 0 bridgehead atoms. The molecule has 0 amide bonds. The second kappa shape index (κ2) is 13.6. The van der Waals surface area contributed by atoms with E-state index in [4.69, 9.17) is 19.4 Å². The first-order chi connectivity index (χ1) is 25.7. The third kappa shape index (κ3) is 5.63. The predicted molar refractivity (Wildman–Crippen MR) is 215 cm³/mol. The highest BCUT2D eigenvalue weighted by Crippen LogP contribution is 2.42. The number of fused-ring (bicyclic) bond motifs is 7. The Morgan fingerprint density at radius 3 is 2.04 bits per heavy atom. The second-order valence-corrected chi connectivity index (χ2v) is 13.8. The Kier molecular flexibility index (Phi) is 8.32. The highest BCUT2D eigenvalue weighted by atomic mass is 16.3. The minimum absolute atomic E-state index is 0.629. The number of nitrogens with zero attached hydrogens (tertiary/aromatic N) is 4. The van der Waals surface area contributed by atoms with E-state index in [-0.39, 0.29) is 0 Å². The molecule has 0 fully saturated rings. The molecule has 0 aliphatic rings. The van der Waals surface area contributed by atoms with Crippen molar-refractivity contribution in [1.29, 1.82) is 0 Å². The summed E-state index contributed by atoms with van der Waals surface area (Å²) in [6.07, 6.45) is 6.10. The standard InChI is InChI=1S/C47H40N4O/c1-3-5-15-31(4-2)30-32-24-26-34(27-25-32)46-48-45(33-16-7-6-8-17-33)49-47(50-46)37-19-10-13-22-40(37)51-39-21-12-9-18-35(39)36-28-29-42-43(44(36)51)38-20-11-14-23-41(38)52-42/h6-14,16-29,31H,3-5,15,30H2,1-2H3. The first-order valence-electron chi connectivity index (χ1n) is 18.5. The molecular weight excluding hydrogens is 637 g/mol. The average molecular weight is 677 g/mol. The van der Waals surface area contributed by atoms with Crippen molar-refractivity contribution in [2.45, 2.75) is 46.0 Å². The molecule has 3 aromatic heterocycles. The Labute approximate surface area is 303 Å². The Balaban J connectivity index is 1.24. The molecule has 0 radical (unpaired) electrons. The summed E-state index contributed by atoms with van der Waals surface area (Å²) in [5.74, 6) is 2.64. The number of para-hydroxylation sites is 3. The number of benzene rings is 6. The lowest BCUT2D eigenvalue weighted by Crippen LogP contribution is -2.04. The zero-order chi connectivity index (χ0) is 35.0. The molecule has 254 valence electrons. The molecule has 0 saturated carbocycles. The van der Waals surface area contributed by atoms with Crippen LogP contribution in [0.15, 0.2) is 144 Å². The van der Waals surface area contributed by atoms with Gasteiger partial charge in [0.15, 0.2) is 17.5 Å². The third-order valence-corrected chi connectivity index (χ3v) is 10.5. The molecule has 9 rings (SSSR count). The normalized spacial score (nSPS) is 12.3. The lowest BCUT2D eigenvalue weighted by atomic mass is 9.92. The van der Waals surface area contributed by atoms with Gasteiger partial charge in [-0.25, -0.2) is 15.0 Å². The van der Waals surface area contributed by atoms with Crippen molar-refractivity contribution < 1.29 is 4.42 Å². The summed E-state index contributed by atoms with van der Waals surface area (Å²) in [4.78, 5) is 15.5. The van der Waals surface area contributed by atoms with Crippen molar-refractivity contribution in [3.8, 4) is 39.9 Å². The monoisotopic (exact) mass is 676 g/mol. The van der Waals surface area contributed by atoms with Crippen LogP contribution in [0.2, 0.25) is 0 Å². The van der Waals surface area contributed by atoms with Crippen molar-refractivity contribution >= 4 is 43.7 Å². The molecule has 1 unspecified atom stereocenters. The van der Waals surface area contributed by atoms with Gasteiger partial charge < -0.3 is 8.98 Å². The maximum Gasteiger partial charge on any atom is 0.166 e. The summed E-state index contributed by atoms with van der Waals surface area (Å²) < 4.78 is 8.77. The summed E-state index contributed by atoms with van der Waals surface area (Å²) in [7, 11) is 0. The lowest BCUT2D eigenvalue weighted by Gasteiger charge is -2.15. The van der Waals surface area contributed by atoms with Crippen molar-refractivity contribution in [2.24, 2.45) is 5.92 Å². The van der Waals surface area contributed by atoms with Crippen LogP contribution in [0.3, 0.4) is 0 Å². The minimum atomic E-state index is 0.629. The number of rotatable bonds is 10. The van der Waals surface area contributed by atoms with Gasteiger partial charge in [0.05, 0.1) is 22.1 Å². The molecule has 5 nitrogen and oxygen atoms in total. The van der Waals surface area contributed by atoms with E-state index in [0.29, 0.717) is 23.4 Å². The Morgan fingerprint density at radius 1 is 0.577 bits per heavy atom. The Hall–Kier alpha value is -6.07. The van der Waals surface area contributed by atoms with E-state index in [1.807, 2.05) is 30.3 Å². The number of hydrogen-bond acceptors (Lipinski definition) is 4. The van der Waals surface area contributed by atoms with Gasteiger partial charge >= 0.3 is 0 Å². The third-order valence-electron chi connectivity index (χ3n) is 10.5. The van der Waals surface area contributed by atoms with Crippen LogP contribution in [0.5, 0.6) is 0 Å². The molecule has 1 atom stereocenters. The van der Waals surface area contributed by atoms with Gasteiger partial charge in [0.1, 0.15) is 11.2 Å². The molecule has 9 aromatic rings. The average Bonchev–Trinajstić information content (AvgIpc) is 3.75. The Morgan fingerprint density at radius 2 is 1.25 bits per heavy atom. The molecule has 0 aliphatic carbocycles. The second-order valence-electron chi connectivity index (χ2n) is 13.8. The molecular formula is C47H40N4O. The highest BCUT2D eigenvalue weighted by molar-refractivity contribution is 6.24. The van der Waals surface area contributed by atoms with Crippen LogP contribution in [0.25, 0.3) is 83.6 Å². The largest absolute Gasteiger partial charge is 0.456 e. The van der Waals surface area contributed by atoms with Crippen LogP contribution in [-0.4, -0.2) is 19.5 Å². The molecule has 3 heterocycles. The number of furan rings is 1. The zero-order valence-electron chi connectivity index (χ0n) is 29.6. The Bertz CT molecular complexity index is 2690. The highest BCUT2D eigenvalue weighted by Gasteiger charge is 2.22. The fourth-order valence-corrected chi connectivity index (χ4v) is 7.78. The lowest BCUT2D eigenvalue weighted by molar-refractivity contribution is 0.449. The summed E-state index contributed by atoms with van der Waals surface area (Å²) in [6, 6.07) is 48.7. The number of aromatic nitrogens is 4. The molecule has 0 saturated heterocycles. The van der Waals surface area contributed by atoms with Crippen molar-refractivity contribution in [3.63, 3.8) is 0 Å². The van der Waals surface area contributed by atoms with Crippen LogP contribution < -0.4 is 0 Å². The topological polar surface area (TPSA) is 56.7 Å². The number of hydrogen-bond donors (Lipinski definition) is 0.